The van der Waals surface area contributed by atoms with E-state index in [1.165, 1.54) is 0 Å². The van der Waals surface area contributed by atoms with E-state index in [1.54, 1.807) is 0 Å². The van der Waals surface area contributed by atoms with Gasteiger partial charge in [-0.3, -0.25) is 4.57 Å². The Morgan fingerprint density at radius 3 is 2.00 bits per heavy atom. The van der Waals surface area contributed by atoms with Crippen molar-refractivity contribution in [2.45, 2.75) is 33.6 Å². The lowest BCUT2D eigenvalue weighted by atomic mass is 9.77. The highest BCUT2D eigenvalue weighted by Crippen LogP contribution is 2.55. The fourth-order valence-corrected chi connectivity index (χ4v) is 3.44. The van der Waals surface area contributed by atoms with Crippen LogP contribution in [0.1, 0.15) is 33.6 Å². The molecule has 1 fully saturated rings. The van der Waals surface area contributed by atoms with Crippen LogP contribution in [0, 0.1) is 11.3 Å². The van der Waals surface area contributed by atoms with Gasteiger partial charge in [-0.2, -0.15) is 4.20 Å². The van der Waals surface area contributed by atoms with Gasteiger partial charge in [-0.15, -0.1) is 0 Å². The number of hydrogen-bond acceptors (Lipinski definition) is 1. The molecule has 0 bridgehead atoms. The van der Waals surface area contributed by atoms with Gasteiger partial charge in [-0.1, -0.05) is 20.8 Å². The molecule has 0 saturated carbocycles. The third-order valence-corrected chi connectivity index (χ3v) is 4.70. The van der Waals surface area contributed by atoms with Gasteiger partial charge in [0, 0.05) is 12.3 Å². The molecule has 0 aliphatic carbocycles. The van der Waals surface area contributed by atoms with Crippen LogP contribution in [0.3, 0.4) is 0 Å². The van der Waals surface area contributed by atoms with Crippen molar-refractivity contribution in [2.75, 3.05) is 12.3 Å². The molecule has 1 rings (SSSR count). The van der Waals surface area contributed by atoms with Gasteiger partial charge in [0.1, 0.15) is 0 Å². The van der Waals surface area contributed by atoms with E-state index in [9.17, 15) is 8.76 Å². The molecule has 0 aromatic carbocycles. The first-order valence-electron chi connectivity index (χ1n) is 4.59. The summed E-state index contributed by atoms with van der Waals surface area (Å²) in [6, 6.07) is 0. The van der Waals surface area contributed by atoms with Gasteiger partial charge in [0.25, 0.3) is 0 Å². The van der Waals surface area contributed by atoms with E-state index in [4.69, 9.17) is 0 Å². The summed E-state index contributed by atoms with van der Waals surface area (Å²) >= 11 is 0. The van der Waals surface area contributed by atoms with Crippen LogP contribution in [0.2, 0.25) is 0 Å². The third kappa shape index (κ3) is 2.58. The van der Waals surface area contributed by atoms with Crippen LogP contribution in [0.5, 0.6) is 0 Å². The Morgan fingerprint density at radius 1 is 1.25 bits per heavy atom. The topological polar surface area (TPSA) is 17.1 Å². The summed E-state index contributed by atoms with van der Waals surface area (Å²) in [5.41, 5.74) is 0.250. The summed E-state index contributed by atoms with van der Waals surface area (Å²) in [5, 5.41) is 0. The highest BCUT2D eigenvalue weighted by Gasteiger charge is 2.34. The van der Waals surface area contributed by atoms with Crippen LogP contribution in [0.15, 0.2) is 0 Å². The van der Waals surface area contributed by atoms with Crippen molar-refractivity contribution in [3.05, 3.63) is 0 Å². The standard InChI is InChI=1S/C9H18FOP/c1-9(2,3)8-4-6-12(10,11)7-5-8/h8H,4-7H2,1-3H3. The first-order chi connectivity index (χ1) is 5.31. The van der Waals surface area contributed by atoms with E-state index in [-0.39, 0.29) is 5.41 Å². The summed E-state index contributed by atoms with van der Waals surface area (Å²) in [6.07, 6.45) is 2.23. The van der Waals surface area contributed by atoms with Gasteiger partial charge < -0.3 is 0 Å². The van der Waals surface area contributed by atoms with Crippen LogP contribution in [-0.4, -0.2) is 12.3 Å². The Hall–Kier alpha value is 0.160. The molecule has 0 unspecified atom stereocenters. The molecule has 3 heteroatoms. The summed E-state index contributed by atoms with van der Waals surface area (Å²) in [6.45, 7) is 6.52. The first-order valence-corrected chi connectivity index (χ1v) is 6.56. The average Bonchev–Trinajstić information content (AvgIpc) is 1.83. The Kier molecular flexibility index (Phi) is 2.68. The maximum absolute atomic E-state index is 13.0. The van der Waals surface area contributed by atoms with E-state index in [1.807, 2.05) is 0 Å². The summed E-state index contributed by atoms with van der Waals surface area (Å²) in [4.78, 5) is 0. The summed E-state index contributed by atoms with van der Waals surface area (Å²) in [7, 11) is -3.19. The van der Waals surface area contributed by atoms with Crippen molar-refractivity contribution in [1.29, 1.82) is 0 Å². The van der Waals surface area contributed by atoms with Gasteiger partial charge in [-0.25, -0.2) is 0 Å². The highest BCUT2D eigenvalue weighted by atomic mass is 31.2. The maximum Gasteiger partial charge on any atom is 0.244 e. The van der Waals surface area contributed by atoms with Crippen LogP contribution in [0.25, 0.3) is 0 Å². The second-order valence-electron chi connectivity index (χ2n) is 4.88. The molecule has 0 aromatic rings. The molecule has 1 saturated heterocycles. The molecule has 1 aliphatic rings. The maximum atomic E-state index is 13.0. The average molecular weight is 192 g/mol. The van der Waals surface area contributed by atoms with Crippen molar-refractivity contribution < 1.29 is 8.76 Å². The molecule has 72 valence electrons. The Bertz CT molecular complexity index is 195. The molecule has 12 heavy (non-hydrogen) atoms. The minimum Gasteiger partial charge on any atom is -0.288 e. The molecule has 1 nitrogen and oxygen atoms in total. The quantitative estimate of drug-likeness (QED) is 0.535. The van der Waals surface area contributed by atoms with Crippen molar-refractivity contribution in [3.63, 3.8) is 0 Å². The minimum absolute atomic E-state index is 0.250. The lowest BCUT2D eigenvalue weighted by Crippen LogP contribution is -2.25. The normalized spacial score (nSPS) is 38.2. The fourth-order valence-electron chi connectivity index (χ4n) is 1.82. The fraction of sp³-hybridized carbons (Fsp3) is 1.00. The highest BCUT2D eigenvalue weighted by molar-refractivity contribution is 7.58. The zero-order valence-electron chi connectivity index (χ0n) is 8.14. The molecule has 0 N–H and O–H groups in total. The van der Waals surface area contributed by atoms with Crippen molar-refractivity contribution in [3.8, 4) is 0 Å². The molecular formula is C9H18FOP. The SMILES string of the molecule is CC(C)(C)C1CCP(=O)(F)CC1. The molecule has 1 heterocycles. The smallest absolute Gasteiger partial charge is 0.244 e. The van der Waals surface area contributed by atoms with Gasteiger partial charge in [0.2, 0.25) is 7.45 Å². The van der Waals surface area contributed by atoms with Crippen molar-refractivity contribution in [2.24, 2.45) is 11.3 Å². The van der Waals surface area contributed by atoms with Gasteiger partial charge in [0.15, 0.2) is 0 Å². The molecule has 0 aromatic heterocycles. The Labute approximate surface area is 74.2 Å². The van der Waals surface area contributed by atoms with Gasteiger partial charge in [0.05, 0.1) is 0 Å². The first kappa shape index (κ1) is 10.2. The summed E-state index contributed by atoms with van der Waals surface area (Å²) in [5.74, 6) is 0.551. The van der Waals surface area contributed by atoms with E-state index >= 15 is 0 Å². The second-order valence-corrected chi connectivity index (χ2v) is 7.35. The van der Waals surface area contributed by atoms with E-state index in [0.29, 0.717) is 18.2 Å². The minimum atomic E-state index is -3.19. The van der Waals surface area contributed by atoms with E-state index < -0.39 is 7.45 Å². The molecule has 1 aliphatic heterocycles. The largest absolute Gasteiger partial charge is 0.288 e. The monoisotopic (exact) mass is 192 g/mol. The Morgan fingerprint density at radius 2 is 1.67 bits per heavy atom. The summed E-state index contributed by atoms with van der Waals surface area (Å²) < 4.78 is 24.0. The lowest BCUT2D eigenvalue weighted by molar-refractivity contribution is 0.219. The van der Waals surface area contributed by atoms with Crippen molar-refractivity contribution >= 4 is 7.45 Å². The Balaban J connectivity index is 2.53. The predicted molar refractivity (Wildman–Crippen MR) is 50.6 cm³/mol. The lowest BCUT2D eigenvalue weighted by Gasteiger charge is -2.34. The number of rotatable bonds is 0. The molecule has 0 spiro atoms. The molecule has 0 atom stereocenters. The third-order valence-electron chi connectivity index (χ3n) is 2.85. The van der Waals surface area contributed by atoms with Crippen LogP contribution < -0.4 is 0 Å². The van der Waals surface area contributed by atoms with Crippen molar-refractivity contribution in [1.82, 2.24) is 0 Å². The van der Waals surface area contributed by atoms with E-state index in [2.05, 4.69) is 20.8 Å². The number of hydrogen-bond donors (Lipinski definition) is 0. The van der Waals surface area contributed by atoms with Crippen LogP contribution in [0.4, 0.5) is 4.20 Å². The second kappa shape index (κ2) is 3.14. The zero-order valence-corrected chi connectivity index (χ0v) is 9.03. The number of halogens is 1. The molecule has 0 amide bonds. The predicted octanol–water partition coefficient (Wildman–Crippen LogP) is 3.69. The molecular weight excluding hydrogens is 174 g/mol. The van der Waals surface area contributed by atoms with Gasteiger partial charge >= 0.3 is 0 Å². The van der Waals surface area contributed by atoms with Crippen LogP contribution >= 0.6 is 7.45 Å². The zero-order chi connectivity index (χ0) is 9.41. The van der Waals surface area contributed by atoms with Gasteiger partial charge in [-0.05, 0) is 24.2 Å². The molecule has 0 radical (unpaired) electrons. The van der Waals surface area contributed by atoms with Crippen LogP contribution in [-0.2, 0) is 4.57 Å². The van der Waals surface area contributed by atoms with E-state index in [0.717, 1.165) is 12.8 Å².